The number of carbonyl (C=O) groups is 1. The van der Waals surface area contributed by atoms with E-state index in [1.165, 1.54) is 6.08 Å². The molecular weight excluding hydrogens is 386 g/mol. The van der Waals surface area contributed by atoms with E-state index >= 15 is 0 Å². The van der Waals surface area contributed by atoms with Crippen LogP contribution in [0.2, 0.25) is 5.02 Å². The number of carbonyl (C=O) groups excluding carboxylic acids is 1. The highest BCUT2D eigenvalue weighted by molar-refractivity contribution is 6.30. The average molecular weight is 405 g/mol. The second-order valence-electron chi connectivity index (χ2n) is 6.62. The minimum absolute atomic E-state index is 0.198. The molecule has 0 saturated carbocycles. The van der Waals surface area contributed by atoms with Crippen LogP contribution in [0.25, 0.3) is 17.0 Å². The van der Waals surface area contributed by atoms with Crippen molar-refractivity contribution in [2.75, 3.05) is 7.11 Å². The molecule has 2 aromatic carbocycles. The highest BCUT2D eigenvalue weighted by Crippen LogP contribution is 2.28. The predicted octanol–water partition coefficient (Wildman–Crippen LogP) is 5.33. The van der Waals surface area contributed by atoms with Gasteiger partial charge in [-0.15, -0.1) is 0 Å². The first-order valence-electron chi connectivity index (χ1n) is 9.15. The van der Waals surface area contributed by atoms with Gasteiger partial charge in [0.1, 0.15) is 0 Å². The first kappa shape index (κ1) is 19.0. The lowest BCUT2D eigenvalue weighted by Crippen LogP contribution is -2.33. The number of halogens is 1. The molecule has 0 aliphatic rings. The number of hydrogen-bond donors (Lipinski definition) is 0. The van der Waals surface area contributed by atoms with E-state index in [1.807, 2.05) is 60.9 Å². The average Bonchev–Trinajstić information content (AvgIpc) is 3.18. The van der Waals surface area contributed by atoms with Crippen LogP contribution in [0.3, 0.4) is 0 Å². The summed E-state index contributed by atoms with van der Waals surface area (Å²) in [5.41, 5.74) is 2.64. The molecule has 144 valence electrons. The molecule has 0 bridgehead atoms. The zero-order valence-corrected chi connectivity index (χ0v) is 16.6. The van der Waals surface area contributed by atoms with E-state index in [0.717, 1.165) is 28.1 Å². The quantitative estimate of drug-likeness (QED) is 0.248. The molecule has 2 heterocycles. The second-order valence-corrected chi connectivity index (χ2v) is 7.06. The predicted molar refractivity (Wildman–Crippen MR) is 113 cm³/mol. The minimum atomic E-state index is -0.198. The van der Waals surface area contributed by atoms with Gasteiger partial charge in [0.25, 0.3) is 0 Å². The van der Waals surface area contributed by atoms with Gasteiger partial charge in [-0.1, -0.05) is 35.9 Å². The Kier molecular flexibility index (Phi) is 5.45. The fourth-order valence-corrected chi connectivity index (χ4v) is 3.24. The zero-order chi connectivity index (χ0) is 20.2. The Hall–Kier alpha value is -3.37. The van der Waals surface area contributed by atoms with E-state index < -0.39 is 0 Å². The summed E-state index contributed by atoms with van der Waals surface area (Å²) in [7, 11) is 1.58. The normalized spacial score (nSPS) is 11.2. The van der Waals surface area contributed by atoms with E-state index in [2.05, 4.69) is 4.57 Å². The molecule has 0 aliphatic heterocycles. The van der Waals surface area contributed by atoms with Gasteiger partial charge in [0.05, 0.1) is 7.11 Å². The molecule has 0 amide bonds. The van der Waals surface area contributed by atoms with Crippen molar-refractivity contribution in [3.05, 3.63) is 101 Å². The Morgan fingerprint density at radius 2 is 1.97 bits per heavy atom. The van der Waals surface area contributed by atoms with Gasteiger partial charge in [0.15, 0.2) is 36.0 Å². The van der Waals surface area contributed by atoms with Crippen molar-refractivity contribution in [3.8, 4) is 5.75 Å². The standard InChI is InChI=1S/C24H19ClNO3/c1-28-22-6-2-5-19-14-23(29-24(19)22)21(27)12-9-17-4-3-13-26(15-17)16-18-7-10-20(25)11-8-18/h2-15H,16H2,1H3/q+1. The molecule has 0 atom stereocenters. The number of furan rings is 1. The second kappa shape index (κ2) is 8.33. The van der Waals surface area contributed by atoms with E-state index in [1.54, 1.807) is 25.3 Å². The molecule has 0 fully saturated rings. The molecule has 0 saturated heterocycles. The highest BCUT2D eigenvalue weighted by Gasteiger charge is 2.13. The molecule has 0 radical (unpaired) electrons. The molecule has 4 rings (SSSR count). The van der Waals surface area contributed by atoms with Crippen LogP contribution in [0.15, 0.2) is 83.6 Å². The number of para-hydroxylation sites is 1. The fraction of sp³-hybridized carbons (Fsp3) is 0.0833. The number of ether oxygens (including phenoxy) is 1. The molecular formula is C24H19ClNO3+. The Morgan fingerprint density at radius 1 is 1.14 bits per heavy atom. The molecule has 0 unspecified atom stereocenters. The summed E-state index contributed by atoms with van der Waals surface area (Å²) >= 11 is 5.94. The lowest BCUT2D eigenvalue weighted by atomic mass is 10.2. The van der Waals surface area contributed by atoms with Crippen LogP contribution in [-0.4, -0.2) is 12.9 Å². The third-order valence-corrected chi connectivity index (χ3v) is 4.81. The van der Waals surface area contributed by atoms with Crippen molar-refractivity contribution in [1.82, 2.24) is 0 Å². The van der Waals surface area contributed by atoms with Gasteiger partial charge in [-0.3, -0.25) is 4.79 Å². The van der Waals surface area contributed by atoms with Crippen LogP contribution in [0.1, 0.15) is 21.7 Å². The number of hydrogen-bond acceptors (Lipinski definition) is 3. The molecule has 0 N–H and O–H groups in total. The third kappa shape index (κ3) is 4.39. The van der Waals surface area contributed by atoms with Crippen molar-refractivity contribution >= 4 is 34.4 Å². The Balaban J connectivity index is 1.51. The smallest absolute Gasteiger partial charge is 0.221 e. The molecule has 0 spiro atoms. The summed E-state index contributed by atoms with van der Waals surface area (Å²) in [6.07, 6.45) is 7.27. The van der Waals surface area contributed by atoms with Gasteiger partial charge in [-0.25, -0.2) is 4.57 Å². The largest absolute Gasteiger partial charge is 0.493 e. The van der Waals surface area contributed by atoms with Crippen LogP contribution in [0.4, 0.5) is 0 Å². The lowest BCUT2D eigenvalue weighted by molar-refractivity contribution is -0.688. The first-order valence-corrected chi connectivity index (χ1v) is 9.53. The van der Waals surface area contributed by atoms with E-state index in [-0.39, 0.29) is 11.5 Å². The van der Waals surface area contributed by atoms with Crippen molar-refractivity contribution in [1.29, 1.82) is 0 Å². The fourth-order valence-electron chi connectivity index (χ4n) is 3.11. The van der Waals surface area contributed by atoms with Crippen LogP contribution in [-0.2, 0) is 6.54 Å². The number of fused-ring (bicyclic) bond motifs is 1. The highest BCUT2D eigenvalue weighted by atomic mass is 35.5. The van der Waals surface area contributed by atoms with E-state index in [0.29, 0.717) is 11.3 Å². The molecule has 2 aromatic heterocycles. The third-order valence-electron chi connectivity index (χ3n) is 4.56. The van der Waals surface area contributed by atoms with Gasteiger partial charge in [-0.05, 0) is 42.5 Å². The number of pyridine rings is 1. The Morgan fingerprint density at radius 3 is 2.76 bits per heavy atom. The van der Waals surface area contributed by atoms with Gasteiger partial charge in [0, 0.05) is 27.6 Å². The van der Waals surface area contributed by atoms with Gasteiger partial charge in [0.2, 0.25) is 5.78 Å². The summed E-state index contributed by atoms with van der Waals surface area (Å²) in [4.78, 5) is 12.6. The van der Waals surface area contributed by atoms with Crippen molar-refractivity contribution in [3.63, 3.8) is 0 Å². The number of aromatic nitrogens is 1. The van der Waals surface area contributed by atoms with Crippen LogP contribution in [0, 0.1) is 0 Å². The number of allylic oxidation sites excluding steroid dienone is 1. The topological polar surface area (TPSA) is 43.3 Å². The summed E-state index contributed by atoms with van der Waals surface area (Å²) in [5.74, 6) is 0.693. The van der Waals surface area contributed by atoms with Crippen LogP contribution >= 0.6 is 11.6 Å². The number of methoxy groups -OCH3 is 1. The number of nitrogens with zero attached hydrogens (tertiary/aromatic N) is 1. The number of rotatable bonds is 6. The molecule has 29 heavy (non-hydrogen) atoms. The summed E-state index contributed by atoms with van der Waals surface area (Å²) in [6.45, 7) is 0.718. The summed E-state index contributed by atoms with van der Waals surface area (Å²) in [5, 5.41) is 1.55. The van der Waals surface area contributed by atoms with Gasteiger partial charge in [-0.2, -0.15) is 0 Å². The van der Waals surface area contributed by atoms with Crippen LogP contribution < -0.4 is 9.30 Å². The van der Waals surface area contributed by atoms with Crippen molar-refractivity contribution < 1.29 is 18.5 Å². The first-order chi connectivity index (χ1) is 14.1. The maximum Gasteiger partial charge on any atom is 0.221 e. The monoisotopic (exact) mass is 404 g/mol. The van der Waals surface area contributed by atoms with Crippen LogP contribution in [0.5, 0.6) is 5.75 Å². The zero-order valence-electron chi connectivity index (χ0n) is 15.8. The number of benzene rings is 2. The van der Waals surface area contributed by atoms with Gasteiger partial charge >= 0.3 is 0 Å². The SMILES string of the molecule is COc1cccc2cc(C(=O)C=Cc3ccc[n+](Cc4ccc(Cl)cc4)c3)oc12. The maximum atomic E-state index is 12.6. The Bertz CT molecular complexity index is 1190. The van der Waals surface area contributed by atoms with E-state index in [9.17, 15) is 4.79 Å². The minimum Gasteiger partial charge on any atom is -0.493 e. The summed E-state index contributed by atoms with van der Waals surface area (Å²) in [6, 6.07) is 18.9. The molecule has 4 nitrogen and oxygen atoms in total. The molecule has 5 heteroatoms. The van der Waals surface area contributed by atoms with Gasteiger partial charge < -0.3 is 9.15 Å². The Labute approximate surface area is 173 Å². The van der Waals surface area contributed by atoms with Crippen molar-refractivity contribution in [2.45, 2.75) is 6.54 Å². The summed E-state index contributed by atoms with van der Waals surface area (Å²) < 4.78 is 13.1. The lowest BCUT2D eigenvalue weighted by Gasteiger charge is -1.99. The van der Waals surface area contributed by atoms with E-state index in [4.69, 9.17) is 20.8 Å². The maximum absolute atomic E-state index is 12.6. The molecule has 0 aliphatic carbocycles. The molecule has 4 aromatic rings. The van der Waals surface area contributed by atoms with Crippen molar-refractivity contribution in [2.24, 2.45) is 0 Å². The number of ketones is 1.